The van der Waals surface area contributed by atoms with Crippen LogP contribution in [0, 0.1) is 0 Å². The Kier molecular flexibility index (Phi) is 5.01. The molecule has 2 rings (SSSR count). The summed E-state index contributed by atoms with van der Waals surface area (Å²) < 4.78 is 5.75. The average Bonchev–Trinajstić information content (AvgIpc) is 2.47. The largest absolute Gasteiger partial charge is 0.394 e. The summed E-state index contributed by atoms with van der Waals surface area (Å²) in [7, 11) is 1.98. The molecule has 4 heteroatoms. The predicted octanol–water partition coefficient (Wildman–Crippen LogP) is 0.990. The van der Waals surface area contributed by atoms with E-state index in [0.717, 1.165) is 39.0 Å². The van der Waals surface area contributed by atoms with Gasteiger partial charge in [0.1, 0.15) is 0 Å². The molecule has 2 fully saturated rings. The van der Waals surface area contributed by atoms with Gasteiger partial charge in [-0.3, -0.25) is 4.90 Å². The first-order chi connectivity index (χ1) is 8.73. The fourth-order valence-electron chi connectivity index (χ4n) is 3.41. The summed E-state index contributed by atoms with van der Waals surface area (Å²) in [4.78, 5) is 2.58. The number of ether oxygens (including phenoxy) is 1. The maximum Gasteiger partial charge on any atom is 0.0700 e. The third-order valence-corrected chi connectivity index (χ3v) is 4.79. The first-order valence-corrected chi connectivity index (χ1v) is 7.38. The molecule has 1 aliphatic heterocycles. The summed E-state index contributed by atoms with van der Waals surface area (Å²) in [5.74, 6) is 0. The maximum absolute atomic E-state index is 9.65. The molecule has 1 saturated heterocycles. The molecule has 18 heavy (non-hydrogen) atoms. The van der Waals surface area contributed by atoms with Gasteiger partial charge < -0.3 is 15.2 Å². The van der Waals surface area contributed by atoms with Crippen LogP contribution < -0.4 is 5.32 Å². The lowest BCUT2D eigenvalue weighted by atomic mass is 9.78. The highest BCUT2D eigenvalue weighted by molar-refractivity contribution is 4.96. The first-order valence-electron chi connectivity index (χ1n) is 7.38. The Balaban J connectivity index is 1.95. The Morgan fingerprint density at radius 3 is 3.00 bits per heavy atom. The summed E-state index contributed by atoms with van der Waals surface area (Å²) in [5.41, 5.74) is -0.0526. The Labute approximate surface area is 111 Å². The molecule has 2 N–H and O–H groups in total. The lowest BCUT2D eigenvalue weighted by Gasteiger charge is -2.46. The Bertz CT molecular complexity index is 256. The van der Waals surface area contributed by atoms with Crippen LogP contribution in [-0.2, 0) is 4.74 Å². The van der Waals surface area contributed by atoms with Crippen LogP contribution in [0.2, 0.25) is 0 Å². The fraction of sp³-hybridized carbons (Fsp3) is 1.00. The zero-order valence-electron chi connectivity index (χ0n) is 11.8. The van der Waals surface area contributed by atoms with E-state index in [-0.39, 0.29) is 12.1 Å². The van der Waals surface area contributed by atoms with Crippen LogP contribution in [0.25, 0.3) is 0 Å². The highest BCUT2D eigenvalue weighted by atomic mass is 16.5. The topological polar surface area (TPSA) is 44.7 Å². The van der Waals surface area contributed by atoms with E-state index >= 15 is 0 Å². The predicted molar refractivity (Wildman–Crippen MR) is 72.7 cm³/mol. The number of nitrogens with zero attached hydrogens (tertiary/aromatic N) is 1. The molecule has 0 spiro atoms. The van der Waals surface area contributed by atoms with Crippen molar-refractivity contribution in [1.82, 2.24) is 10.2 Å². The highest BCUT2D eigenvalue weighted by Crippen LogP contribution is 2.31. The summed E-state index contributed by atoms with van der Waals surface area (Å²) in [6, 6.07) is 0.608. The monoisotopic (exact) mass is 256 g/mol. The second-order valence-corrected chi connectivity index (χ2v) is 5.83. The Morgan fingerprint density at radius 2 is 2.33 bits per heavy atom. The molecule has 106 valence electrons. The SMILES string of the molecule is CCC1CN(C2CCCC(CO)(NC)C2)CCO1. The molecule has 3 unspecified atom stereocenters. The average molecular weight is 256 g/mol. The zero-order chi connectivity index (χ0) is 13.0. The van der Waals surface area contributed by atoms with E-state index in [0.29, 0.717) is 12.1 Å². The molecule has 1 saturated carbocycles. The minimum atomic E-state index is -0.0526. The van der Waals surface area contributed by atoms with Gasteiger partial charge in [-0.25, -0.2) is 0 Å². The molecule has 0 bridgehead atoms. The summed E-state index contributed by atoms with van der Waals surface area (Å²) in [6.45, 7) is 5.42. The Morgan fingerprint density at radius 1 is 1.50 bits per heavy atom. The first kappa shape index (κ1) is 14.3. The molecule has 2 aliphatic rings. The number of hydrogen-bond donors (Lipinski definition) is 2. The third kappa shape index (κ3) is 3.05. The van der Waals surface area contributed by atoms with Crippen LogP contribution >= 0.6 is 0 Å². The van der Waals surface area contributed by atoms with E-state index in [1.807, 2.05) is 7.05 Å². The number of aliphatic hydroxyl groups excluding tert-OH is 1. The van der Waals surface area contributed by atoms with Gasteiger partial charge in [0.25, 0.3) is 0 Å². The highest BCUT2D eigenvalue weighted by Gasteiger charge is 2.37. The van der Waals surface area contributed by atoms with E-state index < -0.39 is 0 Å². The molecule has 0 amide bonds. The minimum absolute atomic E-state index is 0.0526. The van der Waals surface area contributed by atoms with Crippen molar-refractivity contribution in [3.63, 3.8) is 0 Å². The molecule has 1 aliphatic carbocycles. The van der Waals surface area contributed by atoms with Gasteiger partial charge in [0.15, 0.2) is 0 Å². The van der Waals surface area contributed by atoms with Crippen molar-refractivity contribution < 1.29 is 9.84 Å². The van der Waals surface area contributed by atoms with E-state index in [9.17, 15) is 5.11 Å². The van der Waals surface area contributed by atoms with Crippen molar-refractivity contribution in [1.29, 1.82) is 0 Å². The number of hydrogen-bond acceptors (Lipinski definition) is 4. The summed E-state index contributed by atoms with van der Waals surface area (Å²) in [5, 5.41) is 13.0. The standard InChI is InChI=1S/C14H28N2O2/c1-3-13-10-16(7-8-18-13)12-5-4-6-14(9-12,11-17)15-2/h12-13,15,17H,3-11H2,1-2H3. The van der Waals surface area contributed by atoms with Crippen molar-refractivity contribution in [3.8, 4) is 0 Å². The summed E-state index contributed by atoms with van der Waals surface area (Å²) >= 11 is 0. The van der Waals surface area contributed by atoms with E-state index in [4.69, 9.17) is 4.74 Å². The quantitative estimate of drug-likeness (QED) is 0.787. The van der Waals surface area contributed by atoms with Crippen LogP contribution in [0.1, 0.15) is 39.0 Å². The number of aliphatic hydroxyl groups is 1. The van der Waals surface area contributed by atoms with Gasteiger partial charge in [0.05, 0.1) is 19.3 Å². The maximum atomic E-state index is 9.65. The van der Waals surface area contributed by atoms with Gasteiger partial charge in [0.2, 0.25) is 0 Å². The summed E-state index contributed by atoms with van der Waals surface area (Å²) in [6.07, 6.45) is 6.13. The molecule has 0 aromatic heterocycles. The molecule has 4 nitrogen and oxygen atoms in total. The molecule has 0 radical (unpaired) electrons. The molecular formula is C14H28N2O2. The number of rotatable bonds is 4. The molecular weight excluding hydrogens is 228 g/mol. The molecule has 0 aromatic rings. The van der Waals surface area contributed by atoms with Crippen molar-refractivity contribution in [2.45, 2.75) is 56.7 Å². The van der Waals surface area contributed by atoms with E-state index in [2.05, 4.69) is 17.1 Å². The van der Waals surface area contributed by atoms with E-state index in [1.54, 1.807) is 0 Å². The fourth-order valence-corrected chi connectivity index (χ4v) is 3.41. The number of morpholine rings is 1. The normalized spacial score (nSPS) is 38.8. The lowest BCUT2D eigenvalue weighted by Crippen LogP contribution is -2.57. The van der Waals surface area contributed by atoms with Gasteiger partial charge in [-0.2, -0.15) is 0 Å². The smallest absolute Gasteiger partial charge is 0.0700 e. The zero-order valence-corrected chi connectivity index (χ0v) is 11.8. The van der Waals surface area contributed by atoms with Crippen LogP contribution in [0.3, 0.4) is 0 Å². The van der Waals surface area contributed by atoms with E-state index in [1.165, 1.54) is 12.8 Å². The van der Waals surface area contributed by atoms with Crippen LogP contribution in [0.4, 0.5) is 0 Å². The van der Waals surface area contributed by atoms with Crippen molar-refractivity contribution in [3.05, 3.63) is 0 Å². The number of nitrogens with one attached hydrogen (secondary N) is 1. The van der Waals surface area contributed by atoms with Crippen molar-refractivity contribution in [2.75, 3.05) is 33.4 Å². The van der Waals surface area contributed by atoms with Crippen LogP contribution in [-0.4, -0.2) is 61.0 Å². The lowest BCUT2D eigenvalue weighted by molar-refractivity contribution is -0.0574. The van der Waals surface area contributed by atoms with Gasteiger partial charge in [-0.15, -0.1) is 0 Å². The van der Waals surface area contributed by atoms with Gasteiger partial charge >= 0.3 is 0 Å². The van der Waals surface area contributed by atoms with Gasteiger partial charge in [-0.1, -0.05) is 6.92 Å². The molecule has 1 heterocycles. The van der Waals surface area contributed by atoms with Crippen molar-refractivity contribution >= 4 is 0 Å². The second kappa shape index (κ2) is 6.33. The van der Waals surface area contributed by atoms with Gasteiger partial charge in [0, 0.05) is 24.7 Å². The van der Waals surface area contributed by atoms with Gasteiger partial charge in [-0.05, 0) is 39.2 Å². The van der Waals surface area contributed by atoms with Crippen LogP contribution in [0.15, 0.2) is 0 Å². The Hall–Kier alpha value is -0.160. The van der Waals surface area contributed by atoms with Crippen LogP contribution in [0.5, 0.6) is 0 Å². The van der Waals surface area contributed by atoms with Crippen molar-refractivity contribution in [2.24, 2.45) is 0 Å². The number of likely N-dealkylation sites (N-methyl/N-ethyl adjacent to an activating group) is 1. The molecule has 3 atom stereocenters. The minimum Gasteiger partial charge on any atom is -0.394 e. The molecule has 0 aromatic carbocycles. The third-order valence-electron chi connectivity index (χ3n) is 4.79. The second-order valence-electron chi connectivity index (χ2n) is 5.83.